The van der Waals surface area contributed by atoms with Crippen molar-refractivity contribution in [1.82, 2.24) is 5.32 Å². The highest BCUT2D eigenvalue weighted by Gasteiger charge is 2.15. The molecule has 0 saturated carbocycles. The highest BCUT2D eigenvalue weighted by atomic mass is 32.2. The second-order valence-electron chi connectivity index (χ2n) is 6.56. The number of carbonyl (C=O) groups excluding carboxylic acids is 2. The van der Waals surface area contributed by atoms with Crippen LogP contribution in [0.3, 0.4) is 0 Å². The van der Waals surface area contributed by atoms with E-state index in [9.17, 15) is 18.0 Å². The van der Waals surface area contributed by atoms with Crippen LogP contribution in [0.2, 0.25) is 0 Å². The summed E-state index contributed by atoms with van der Waals surface area (Å²) in [4.78, 5) is 24.7. The fraction of sp³-hybridized carbons (Fsp3) is 0.0909. The molecule has 0 unspecified atom stereocenters. The van der Waals surface area contributed by atoms with Crippen LogP contribution in [0, 0.1) is 6.92 Å². The third kappa shape index (κ3) is 4.84. The van der Waals surface area contributed by atoms with Crippen LogP contribution >= 0.6 is 0 Å². The fourth-order valence-electron chi connectivity index (χ4n) is 2.77. The van der Waals surface area contributed by atoms with Crippen LogP contribution in [0.25, 0.3) is 0 Å². The van der Waals surface area contributed by atoms with Gasteiger partial charge in [-0.25, -0.2) is 8.42 Å². The molecule has 0 aliphatic rings. The Balaban J connectivity index is 1.81. The van der Waals surface area contributed by atoms with Gasteiger partial charge in [0.15, 0.2) is 0 Å². The molecule has 0 saturated heterocycles. The van der Waals surface area contributed by atoms with Crippen LogP contribution in [0.1, 0.15) is 26.3 Å². The summed E-state index contributed by atoms with van der Waals surface area (Å²) in [5.41, 5.74) is 2.24. The number of nitrogens with one attached hydrogen (secondary N) is 3. The summed E-state index contributed by atoms with van der Waals surface area (Å²) in [7, 11) is -2.24. The van der Waals surface area contributed by atoms with Crippen molar-refractivity contribution < 1.29 is 18.0 Å². The maximum Gasteiger partial charge on any atom is 0.261 e. The summed E-state index contributed by atoms with van der Waals surface area (Å²) < 4.78 is 27.5. The molecule has 0 aromatic heterocycles. The molecular weight excluding hydrogens is 402 g/mol. The van der Waals surface area contributed by atoms with Gasteiger partial charge in [0, 0.05) is 29.5 Å². The van der Waals surface area contributed by atoms with Gasteiger partial charge in [0.05, 0.1) is 4.90 Å². The van der Waals surface area contributed by atoms with E-state index in [4.69, 9.17) is 0 Å². The lowest BCUT2D eigenvalue weighted by Crippen LogP contribution is -2.19. The van der Waals surface area contributed by atoms with Crippen molar-refractivity contribution in [3.05, 3.63) is 89.5 Å². The van der Waals surface area contributed by atoms with Gasteiger partial charge in [0.1, 0.15) is 0 Å². The minimum absolute atomic E-state index is 0.126. The molecule has 0 aliphatic heterocycles. The number of aryl methyl sites for hydroxylation is 1. The van der Waals surface area contributed by atoms with Crippen molar-refractivity contribution in [2.75, 3.05) is 17.1 Å². The molecule has 0 bridgehead atoms. The summed E-state index contributed by atoms with van der Waals surface area (Å²) in [6.45, 7) is 1.81. The zero-order valence-electron chi connectivity index (χ0n) is 16.5. The standard InChI is InChI=1S/C22H21N3O4S/c1-15-11-12-17(21(26)23-2)14-20(15)24-22(27)16-7-6-8-18(13-16)25-30(28,29)19-9-4-3-5-10-19/h3-14,25H,1-2H3,(H,23,26)(H,24,27). The topological polar surface area (TPSA) is 104 Å². The van der Waals surface area contributed by atoms with Gasteiger partial charge in [-0.15, -0.1) is 0 Å². The second-order valence-corrected chi connectivity index (χ2v) is 8.24. The van der Waals surface area contributed by atoms with E-state index in [0.717, 1.165) is 5.56 Å². The molecule has 2 amide bonds. The number of rotatable bonds is 6. The Morgan fingerprint density at radius 3 is 2.20 bits per heavy atom. The Hall–Kier alpha value is -3.65. The Kier molecular flexibility index (Phi) is 6.17. The van der Waals surface area contributed by atoms with Crippen LogP contribution in [0.5, 0.6) is 0 Å². The zero-order valence-corrected chi connectivity index (χ0v) is 17.3. The smallest absolute Gasteiger partial charge is 0.261 e. The van der Waals surface area contributed by atoms with E-state index < -0.39 is 15.9 Å². The Morgan fingerprint density at radius 2 is 1.50 bits per heavy atom. The van der Waals surface area contributed by atoms with Crippen molar-refractivity contribution >= 4 is 33.2 Å². The van der Waals surface area contributed by atoms with Crippen molar-refractivity contribution in [3.8, 4) is 0 Å². The molecule has 0 aliphatic carbocycles. The average molecular weight is 423 g/mol. The van der Waals surface area contributed by atoms with Gasteiger partial charge in [-0.05, 0) is 55.0 Å². The van der Waals surface area contributed by atoms with E-state index in [1.54, 1.807) is 54.6 Å². The van der Waals surface area contributed by atoms with Crippen LogP contribution in [-0.2, 0) is 10.0 Å². The Labute approximate surface area is 175 Å². The SMILES string of the molecule is CNC(=O)c1ccc(C)c(NC(=O)c2cccc(NS(=O)(=O)c3ccccc3)c2)c1. The van der Waals surface area contributed by atoms with E-state index in [-0.39, 0.29) is 22.1 Å². The van der Waals surface area contributed by atoms with Crippen molar-refractivity contribution in [2.45, 2.75) is 11.8 Å². The first-order chi connectivity index (χ1) is 14.3. The highest BCUT2D eigenvalue weighted by Crippen LogP contribution is 2.20. The Bertz CT molecular complexity index is 1190. The number of hydrogen-bond acceptors (Lipinski definition) is 4. The van der Waals surface area contributed by atoms with Gasteiger partial charge in [0.2, 0.25) is 0 Å². The van der Waals surface area contributed by atoms with Crippen LogP contribution < -0.4 is 15.4 Å². The van der Waals surface area contributed by atoms with Crippen LogP contribution in [0.15, 0.2) is 77.7 Å². The summed E-state index contributed by atoms with van der Waals surface area (Å²) >= 11 is 0. The highest BCUT2D eigenvalue weighted by molar-refractivity contribution is 7.92. The van der Waals surface area contributed by atoms with E-state index in [1.165, 1.54) is 25.2 Å². The predicted octanol–water partition coefficient (Wildman–Crippen LogP) is 3.41. The van der Waals surface area contributed by atoms with Gasteiger partial charge in [0.25, 0.3) is 21.8 Å². The largest absolute Gasteiger partial charge is 0.355 e. The molecule has 30 heavy (non-hydrogen) atoms. The zero-order chi connectivity index (χ0) is 21.7. The van der Waals surface area contributed by atoms with Crippen molar-refractivity contribution in [1.29, 1.82) is 0 Å². The molecule has 3 aromatic rings. The van der Waals surface area contributed by atoms with Crippen LogP contribution in [0.4, 0.5) is 11.4 Å². The molecule has 3 aromatic carbocycles. The van der Waals surface area contributed by atoms with Gasteiger partial charge >= 0.3 is 0 Å². The molecular formula is C22H21N3O4S. The lowest BCUT2D eigenvalue weighted by molar-refractivity contribution is 0.0961. The number of amides is 2. The minimum Gasteiger partial charge on any atom is -0.355 e. The van der Waals surface area contributed by atoms with Crippen molar-refractivity contribution in [3.63, 3.8) is 0 Å². The molecule has 0 atom stereocenters. The summed E-state index contributed by atoms with van der Waals surface area (Å²) in [6, 6.07) is 19.2. The van der Waals surface area contributed by atoms with Gasteiger partial charge in [-0.2, -0.15) is 0 Å². The fourth-order valence-corrected chi connectivity index (χ4v) is 3.84. The molecule has 0 heterocycles. The molecule has 0 spiro atoms. The summed E-state index contributed by atoms with van der Waals surface area (Å²) in [6.07, 6.45) is 0. The first-order valence-corrected chi connectivity index (χ1v) is 10.6. The second kappa shape index (κ2) is 8.79. The van der Waals surface area contributed by atoms with Gasteiger partial charge in [-0.3, -0.25) is 14.3 Å². The number of carbonyl (C=O) groups is 2. The summed E-state index contributed by atoms with van der Waals surface area (Å²) in [5, 5.41) is 5.31. The number of benzene rings is 3. The average Bonchev–Trinajstić information content (AvgIpc) is 2.75. The number of sulfonamides is 1. The monoisotopic (exact) mass is 423 g/mol. The van der Waals surface area contributed by atoms with E-state index in [2.05, 4.69) is 15.4 Å². The third-order valence-electron chi connectivity index (χ3n) is 4.41. The molecule has 3 N–H and O–H groups in total. The molecule has 7 nitrogen and oxygen atoms in total. The maximum absolute atomic E-state index is 12.7. The lowest BCUT2D eigenvalue weighted by Gasteiger charge is -2.12. The van der Waals surface area contributed by atoms with Gasteiger partial charge in [-0.1, -0.05) is 30.3 Å². The summed E-state index contributed by atoms with van der Waals surface area (Å²) in [5.74, 6) is -0.685. The van der Waals surface area contributed by atoms with Gasteiger partial charge < -0.3 is 10.6 Å². The molecule has 0 fully saturated rings. The molecule has 3 rings (SSSR count). The lowest BCUT2D eigenvalue weighted by atomic mass is 10.1. The van der Waals surface area contributed by atoms with E-state index >= 15 is 0 Å². The van der Waals surface area contributed by atoms with Crippen LogP contribution in [-0.4, -0.2) is 27.3 Å². The van der Waals surface area contributed by atoms with E-state index in [0.29, 0.717) is 11.3 Å². The quantitative estimate of drug-likeness (QED) is 0.565. The predicted molar refractivity (Wildman–Crippen MR) is 116 cm³/mol. The molecule has 154 valence electrons. The molecule has 0 radical (unpaired) electrons. The third-order valence-corrected chi connectivity index (χ3v) is 5.80. The molecule has 8 heteroatoms. The first-order valence-electron chi connectivity index (χ1n) is 9.12. The normalized spacial score (nSPS) is 10.9. The number of hydrogen-bond donors (Lipinski definition) is 3. The van der Waals surface area contributed by atoms with E-state index in [1.807, 2.05) is 6.92 Å². The Morgan fingerprint density at radius 1 is 0.800 bits per heavy atom. The first kappa shape index (κ1) is 21.1. The maximum atomic E-state index is 12.7. The van der Waals surface area contributed by atoms with Crippen molar-refractivity contribution in [2.24, 2.45) is 0 Å². The minimum atomic E-state index is -3.77. The number of anilines is 2.